The Labute approximate surface area is 144 Å². The van der Waals surface area contributed by atoms with E-state index in [9.17, 15) is 4.79 Å². The van der Waals surface area contributed by atoms with Crippen molar-refractivity contribution in [3.05, 3.63) is 51.4 Å². The number of nitrogens with zero attached hydrogens (tertiary/aromatic N) is 1. The van der Waals surface area contributed by atoms with Crippen LogP contribution in [-0.4, -0.2) is 10.5 Å². The second-order valence-corrected chi connectivity index (χ2v) is 7.29. The number of amides is 1. The maximum Gasteiger partial charge on any atom is 0.247 e. The van der Waals surface area contributed by atoms with E-state index in [0.29, 0.717) is 0 Å². The summed E-state index contributed by atoms with van der Waals surface area (Å²) in [5.74, 6) is -0.00137. The van der Waals surface area contributed by atoms with E-state index < -0.39 is 0 Å². The molecule has 110 valence electrons. The summed E-state index contributed by atoms with van der Waals surface area (Å²) >= 11 is 6.99. The number of carbonyl (C=O) groups excluding carboxylic acids is 1. The molecule has 1 aromatic heterocycles. The molecule has 1 N–H and O–H groups in total. The quantitative estimate of drug-likeness (QED) is 0.523. The Kier molecular flexibility index (Phi) is 3.16. The second-order valence-electron chi connectivity index (χ2n) is 5.46. The van der Waals surface area contributed by atoms with Crippen LogP contribution < -0.4 is 5.32 Å². The molecule has 2 aromatic carbocycles. The first-order chi connectivity index (χ1) is 10.5. The van der Waals surface area contributed by atoms with E-state index in [1.807, 2.05) is 31.2 Å². The van der Waals surface area contributed by atoms with Crippen LogP contribution in [0.4, 0.5) is 5.69 Å². The Morgan fingerprint density at radius 3 is 2.59 bits per heavy atom. The van der Waals surface area contributed by atoms with Crippen molar-refractivity contribution in [3.8, 4) is 11.3 Å². The van der Waals surface area contributed by atoms with E-state index in [1.165, 1.54) is 0 Å². The maximum absolute atomic E-state index is 12.5. The van der Waals surface area contributed by atoms with Crippen LogP contribution in [0.3, 0.4) is 0 Å². The Morgan fingerprint density at radius 1 is 1.05 bits per heavy atom. The van der Waals surface area contributed by atoms with Crippen molar-refractivity contribution < 1.29 is 4.79 Å². The van der Waals surface area contributed by atoms with Crippen molar-refractivity contribution in [2.75, 3.05) is 5.32 Å². The number of carbonyl (C=O) groups is 1. The van der Waals surface area contributed by atoms with Gasteiger partial charge in [0.1, 0.15) is 6.04 Å². The molecule has 0 saturated heterocycles. The molecule has 0 radical (unpaired) electrons. The highest BCUT2D eigenvalue weighted by atomic mass is 79.9. The number of fused-ring (bicyclic) bond motifs is 5. The van der Waals surface area contributed by atoms with Gasteiger partial charge in [-0.15, -0.1) is 0 Å². The number of rotatable bonds is 0. The van der Waals surface area contributed by atoms with E-state index in [1.54, 1.807) is 0 Å². The lowest BCUT2D eigenvalue weighted by molar-refractivity contribution is -0.118. The van der Waals surface area contributed by atoms with Crippen LogP contribution >= 0.6 is 31.9 Å². The van der Waals surface area contributed by atoms with Gasteiger partial charge in [0.25, 0.3) is 0 Å². The number of halogens is 2. The van der Waals surface area contributed by atoms with Gasteiger partial charge in [-0.2, -0.15) is 0 Å². The van der Waals surface area contributed by atoms with Crippen molar-refractivity contribution in [2.45, 2.75) is 13.0 Å². The Hall–Kier alpha value is -1.59. The summed E-state index contributed by atoms with van der Waals surface area (Å²) < 4.78 is 4.09. The van der Waals surface area contributed by atoms with E-state index in [4.69, 9.17) is 0 Å². The summed E-state index contributed by atoms with van der Waals surface area (Å²) in [5.41, 5.74) is 4.00. The first-order valence-electron chi connectivity index (χ1n) is 6.96. The van der Waals surface area contributed by atoms with Gasteiger partial charge in [-0.05, 0) is 49.4 Å². The number of anilines is 1. The van der Waals surface area contributed by atoms with Crippen LogP contribution in [0.2, 0.25) is 0 Å². The molecule has 1 atom stereocenters. The minimum absolute atomic E-state index is 0.00137. The second kappa shape index (κ2) is 4.96. The summed E-state index contributed by atoms with van der Waals surface area (Å²) in [7, 11) is 0. The van der Waals surface area contributed by atoms with Gasteiger partial charge in [0.05, 0.1) is 11.4 Å². The molecule has 2 heterocycles. The number of aromatic nitrogens is 1. The number of hydrogen-bond donors (Lipinski definition) is 1. The van der Waals surface area contributed by atoms with Crippen LogP contribution in [0.1, 0.15) is 13.0 Å². The van der Waals surface area contributed by atoms with E-state index in [-0.39, 0.29) is 11.9 Å². The molecule has 3 nitrogen and oxygen atoms in total. The maximum atomic E-state index is 12.5. The van der Waals surface area contributed by atoms with Crippen molar-refractivity contribution in [1.82, 2.24) is 4.57 Å². The molecule has 3 aromatic rings. The zero-order valence-corrected chi connectivity index (χ0v) is 14.9. The van der Waals surface area contributed by atoms with Gasteiger partial charge in [-0.25, -0.2) is 0 Å². The normalized spacial score (nSPS) is 16.9. The van der Waals surface area contributed by atoms with Crippen LogP contribution in [-0.2, 0) is 4.79 Å². The van der Waals surface area contributed by atoms with E-state index in [0.717, 1.165) is 36.8 Å². The summed E-state index contributed by atoms with van der Waals surface area (Å²) in [6.07, 6.45) is 0. The monoisotopic (exact) mass is 418 g/mol. The molecule has 22 heavy (non-hydrogen) atoms. The molecule has 0 saturated carbocycles. The number of nitrogens with one attached hydrogen (secondary N) is 1. The minimum Gasteiger partial charge on any atom is -0.328 e. The topological polar surface area (TPSA) is 34.0 Å². The van der Waals surface area contributed by atoms with Gasteiger partial charge in [0.2, 0.25) is 5.91 Å². The third kappa shape index (κ3) is 2.03. The predicted molar refractivity (Wildman–Crippen MR) is 96.1 cm³/mol. The lowest BCUT2D eigenvalue weighted by Gasteiger charge is -2.14. The molecule has 4 rings (SSSR count). The molecule has 0 bridgehead atoms. The SMILES string of the molecule is CC1C(=O)Nc2cc(Br)ccc2-c2cc3cc(Br)ccc3n21. The van der Waals surface area contributed by atoms with Gasteiger partial charge in [0, 0.05) is 25.4 Å². The number of benzene rings is 2. The molecule has 0 fully saturated rings. The number of hydrogen-bond acceptors (Lipinski definition) is 1. The molecule has 0 aliphatic carbocycles. The molecule has 1 aliphatic rings. The standard InChI is InChI=1S/C17H12Br2N2O/c1-9-17(22)20-14-8-12(19)2-4-13(14)16-7-10-6-11(18)3-5-15(10)21(9)16/h2-9H,1H3,(H,20,22). The molecule has 0 spiro atoms. The summed E-state index contributed by atoms with van der Waals surface area (Å²) in [5, 5.41) is 4.15. The minimum atomic E-state index is -0.264. The smallest absolute Gasteiger partial charge is 0.247 e. The van der Waals surface area contributed by atoms with Gasteiger partial charge in [-0.3, -0.25) is 4.79 Å². The first-order valence-corrected chi connectivity index (χ1v) is 8.54. The molecule has 1 amide bonds. The Bertz CT molecular complexity index is 930. The van der Waals surface area contributed by atoms with Crippen LogP contribution in [0.25, 0.3) is 22.2 Å². The zero-order valence-electron chi connectivity index (χ0n) is 11.7. The fourth-order valence-corrected chi connectivity index (χ4v) is 3.77. The third-order valence-electron chi connectivity index (χ3n) is 4.08. The molecular weight excluding hydrogens is 408 g/mol. The molecule has 1 aliphatic heterocycles. The van der Waals surface area contributed by atoms with Gasteiger partial charge < -0.3 is 9.88 Å². The summed E-state index contributed by atoms with van der Waals surface area (Å²) in [6, 6.07) is 14.0. The lowest BCUT2D eigenvalue weighted by Crippen LogP contribution is -2.21. The van der Waals surface area contributed by atoms with Crippen LogP contribution in [0, 0.1) is 0 Å². The fourth-order valence-electron chi connectivity index (χ4n) is 3.03. The van der Waals surface area contributed by atoms with Gasteiger partial charge >= 0.3 is 0 Å². The highest BCUT2D eigenvalue weighted by molar-refractivity contribution is 9.10. The van der Waals surface area contributed by atoms with Gasteiger partial charge in [0.15, 0.2) is 0 Å². The Morgan fingerprint density at radius 2 is 1.77 bits per heavy atom. The highest BCUT2D eigenvalue weighted by Gasteiger charge is 2.26. The van der Waals surface area contributed by atoms with Crippen molar-refractivity contribution >= 4 is 54.4 Å². The predicted octanol–water partition coefficient (Wildman–Crippen LogP) is 5.35. The lowest BCUT2D eigenvalue weighted by atomic mass is 10.1. The largest absolute Gasteiger partial charge is 0.328 e. The molecular formula is C17H12Br2N2O. The van der Waals surface area contributed by atoms with Crippen molar-refractivity contribution in [2.24, 2.45) is 0 Å². The average Bonchev–Trinajstić information content (AvgIpc) is 2.80. The van der Waals surface area contributed by atoms with Crippen LogP contribution in [0.5, 0.6) is 0 Å². The van der Waals surface area contributed by atoms with Gasteiger partial charge in [-0.1, -0.05) is 31.9 Å². The fraction of sp³-hybridized carbons (Fsp3) is 0.118. The summed E-state index contributed by atoms with van der Waals surface area (Å²) in [4.78, 5) is 12.5. The van der Waals surface area contributed by atoms with E-state index in [2.05, 4.69) is 59.9 Å². The summed E-state index contributed by atoms with van der Waals surface area (Å²) in [6.45, 7) is 1.93. The molecule has 5 heteroatoms. The average molecular weight is 420 g/mol. The van der Waals surface area contributed by atoms with Crippen molar-refractivity contribution in [3.63, 3.8) is 0 Å². The molecule has 1 unspecified atom stereocenters. The van der Waals surface area contributed by atoms with E-state index >= 15 is 0 Å². The first kappa shape index (κ1) is 14.0. The third-order valence-corrected chi connectivity index (χ3v) is 5.07. The Balaban J connectivity index is 2.11. The zero-order chi connectivity index (χ0) is 15.4. The highest BCUT2D eigenvalue weighted by Crippen LogP contribution is 2.39. The van der Waals surface area contributed by atoms with Crippen molar-refractivity contribution in [1.29, 1.82) is 0 Å². The van der Waals surface area contributed by atoms with Crippen LogP contribution in [0.15, 0.2) is 51.4 Å².